The van der Waals surface area contributed by atoms with E-state index in [9.17, 15) is 5.11 Å². The van der Waals surface area contributed by atoms with Crippen LogP contribution in [-0.4, -0.2) is 21.6 Å². The molecule has 2 rings (SSSR count). The highest BCUT2D eigenvalue weighted by atomic mass is 16.3. The van der Waals surface area contributed by atoms with Crippen LogP contribution in [0.1, 0.15) is 17.0 Å². The monoisotopic (exact) mass is 243 g/mol. The molecule has 0 unspecified atom stereocenters. The van der Waals surface area contributed by atoms with Crippen molar-refractivity contribution in [3.8, 4) is 17.1 Å². The van der Waals surface area contributed by atoms with Crippen molar-refractivity contribution in [1.29, 1.82) is 0 Å². The number of benzene rings is 1. The van der Waals surface area contributed by atoms with Gasteiger partial charge in [-0.15, -0.1) is 0 Å². The molecule has 1 aromatic carbocycles. The van der Waals surface area contributed by atoms with Crippen molar-refractivity contribution in [3.63, 3.8) is 0 Å². The highest BCUT2D eigenvalue weighted by Crippen LogP contribution is 2.22. The number of phenols is 1. The van der Waals surface area contributed by atoms with Gasteiger partial charge in [-0.2, -0.15) is 0 Å². The maximum Gasteiger partial charge on any atom is 0.159 e. The molecule has 0 aliphatic rings. The zero-order valence-electron chi connectivity index (χ0n) is 10.6. The second-order valence-corrected chi connectivity index (χ2v) is 4.29. The number of aryl methyl sites for hydroxylation is 2. The van der Waals surface area contributed by atoms with E-state index >= 15 is 0 Å². The Kier molecular flexibility index (Phi) is 3.58. The summed E-state index contributed by atoms with van der Waals surface area (Å²) in [5.41, 5.74) is 9.41. The van der Waals surface area contributed by atoms with Crippen LogP contribution in [0.15, 0.2) is 24.3 Å². The lowest BCUT2D eigenvalue weighted by molar-refractivity contribution is 0.475. The number of nitrogens with two attached hydrogens (primary N) is 1. The number of hydrogen-bond donors (Lipinski definition) is 2. The molecule has 0 saturated carbocycles. The average molecular weight is 243 g/mol. The molecule has 0 aliphatic heterocycles. The molecule has 1 aromatic heterocycles. The predicted octanol–water partition coefficient (Wildman–Crippen LogP) is 1.97. The molecule has 0 spiro atoms. The van der Waals surface area contributed by atoms with Gasteiger partial charge in [0, 0.05) is 17.0 Å². The van der Waals surface area contributed by atoms with Crippen LogP contribution in [0.4, 0.5) is 0 Å². The van der Waals surface area contributed by atoms with Gasteiger partial charge < -0.3 is 10.8 Å². The average Bonchev–Trinajstić information content (AvgIpc) is 2.33. The minimum absolute atomic E-state index is 0.220. The molecule has 0 fully saturated rings. The van der Waals surface area contributed by atoms with E-state index in [0.29, 0.717) is 12.4 Å². The van der Waals surface area contributed by atoms with E-state index in [-0.39, 0.29) is 5.75 Å². The minimum atomic E-state index is 0.220. The topological polar surface area (TPSA) is 72.0 Å². The summed E-state index contributed by atoms with van der Waals surface area (Å²) in [6, 6.07) is 6.96. The van der Waals surface area contributed by atoms with Gasteiger partial charge in [0.1, 0.15) is 5.75 Å². The molecule has 3 N–H and O–H groups in total. The normalized spacial score (nSPS) is 10.6. The van der Waals surface area contributed by atoms with Crippen molar-refractivity contribution < 1.29 is 5.11 Å². The van der Waals surface area contributed by atoms with Gasteiger partial charge in [-0.3, -0.25) is 0 Å². The maximum absolute atomic E-state index is 9.48. The van der Waals surface area contributed by atoms with Gasteiger partial charge in [-0.25, -0.2) is 9.97 Å². The number of hydrogen-bond acceptors (Lipinski definition) is 4. The third kappa shape index (κ3) is 2.49. The molecule has 0 saturated heterocycles. The fourth-order valence-electron chi connectivity index (χ4n) is 2.02. The zero-order valence-corrected chi connectivity index (χ0v) is 10.6. The van der Waals surface area contributed by atoms with Crippen LogP contribution in [0, 0.1) is 13.8 Å². The van der Waals surface area contributed by atoms with Gasteiger partial charge in [0.05, 0.1) is 0 Å². The summed E-state index contributed by atoms with van der Waals surface area (Å²) in [6.45, 7) is 4.52. The second-order valence-electron chi connectivity index (χ2n) is 4.29. The summed E-state index contributed by atoms with van der Waals surface area (Å²) in [7, 11) is 0. The van der Waals surface area contributed by atoms with Crippen molar-refractivity contribution in [3.05, 3.63) is 41.2 Å². The fourth-order valence-corrected chi connectivity index (χ4v) is 2.02. The number of aromatic nitrogens is 2. The van der Waals surface area contributed by atoms with E-state index in [1.54, 1.807) is 18.2 Å². The first-order valence-electron chi connectivity index (χ1n) is 5.95. The Balaban J connectivity index is 2.48. The quantitative estimate of drug-likeness (QED) is 0.864. The molecule has 1 heterocycles. The molecule has 0 bridgehead atoms. The summed E-state index contributed by atoms with van der Waals surface area (Å²) in [4.78, 5) is 8.97. The van der Waals surface area contributed by atoms with Gasteiger partial charge >= 0.3 is 0 Å². The van der Waals surface area contributed by atoms with E-state index in [2.05, 4.69) is 9.97 Å². The maximum atomic E-state index is 9.48. The van der Waals surface area contributed by atoms with Crippen LogP contribution in [-0.2, 0) is 6.42 Å². The molecular formula is C14H17N3O. The Morgan fingerprint density at radius 3 is 2.39 bits per heavy atom. The lowest BCUT2D eigenvalue weighted by Gasteiger charge is -2.10. The summed E-state index contributed by atoms with van der Waals surface area (Å²) in [5, 5.41) is 9.48. The van der Waals surface area contributed by atoms with Crippen molar-refractivity contribution in [2.24, 2.45) is 5.73 Å². The van der Waals surface area contributed by atoms with Gasteiger partial charge in [0.15, 0.2) is 5.82 Å². The fraction of sp³-hybridized carbons (Fsp3) is 0.286. The van der Waals surface area contributed by atoms with E-state index < -0.39 is 0 Å². The summed E-state index contributed by atoms with van der Waals surface area (Å²) < 4.78 is 0. The number of nitrogens with zero attached hydrogens (tertiary/aromatic N) is 2. The first-order valence-corrected chi connectivity index (χ1v) is 5.95. The van der Waals surface area contributed by atoms with Crippen LogP contribution in [0.2, 0.25) is 0 Å². The Morgan fingerprint density at radius 2 is 1.83 bits per heavy atom. The Bertz CT molecular complexity index is 544. The third-order valence-corrected chi connectivity index (χ3v) is 2.92. The molecular weight excluding hydrogens is 226 g/mol. The molecule has 4 heteroatoms. The first-order chi connectivity index (χ1) is 8.61. The largest absolute Gasteiger partial charge is 0.508 e. The molecule has 2 aromatic rings. The molecule has 0 radical (unpaired) electrons. The van der Waals surface area contributed by atoms with Crippen molar-refractivity contribution in [2.45, 2.75) is 20.3 Å². The lowest BCUT2D eigenvalue weighted by Crippen LogP contribution is -2.09. The van der Waals surface area contributed by atoms with Gasteiger partial charge in [-0.05, 0) is 44.5 Å². The Hall–Kier alpha value is -1.94. The number of aromatic hydroxyl groups is 1. The van der Waals surface area contributed by atoms with E-state index in [0.717, 1.165) is 28.9 Å². The van der Waals surface area contributed by atoms with Crippen LogP contribution < -0.4 is 5.73 Å². The van der Waals surface area contributed by atoms with Gasteiger partial charge in [0.2, 0.25) is 0 Å². The molecule has 0 amide bonds. The van der Waals surface area contributed by atoms with Crippen LogP contribution in [0.3, 0.4) is 0 Å². The van der Waals surface area contributed by atoms with Crippen molar-refractivity contribution in [1.82, 2.24) is 9.97 Å². The van der Waals surface area contributed by atoms with Crippen LogP contribution >= 0.6 is 0 Å². The van der Waals surface area contributed by atoms with E-state index in [1.807, 2.05) is 19.9 Å². The molecule has 18 heavy (non-hydrogen) atoms. The summed E-state index contributed by atoms with van der Waals surface area (Å²) >= 11 is 0. The molecule has 0 aliphatic carbocycles. The predicted molar refractivity (Wildman–Crippen MR) is 71.4 cm³/mol. The van der Waals surface area contributed by atoms with Crippen molar-refractivity contribution in [2.75, 3.05) is 6.54 Å². The minimum Gasteiger partial charge on any atom is -0.508 e. The number of rotatable bonds is 3. The Morgan fingerprint density at radius 1 is 1.17 bits per heavy atom. The summed E-state index contributed by atoms with van der Waals surface area (Å²) in [6.07, 6.45) is 0.790. The van der Waals surface area contributed by atoms with Crippen LogP contribution in [0.5, 0.6) is 5.75 Å². The molecule has 4 nitrogen and oxygen atoms in total. The first kappa shape index (κ1) is 12.5. The van der Waals surface area contributed by atoms with Gasteiger partial charge in [0.25, 0.3) is 0 Å². The van der Waals surface area contributed by atoms with E-state index in [1.165, 1.54) is 0 Å². The third-order valence-electron chi connectivity index (χ3n) is 2.92. The lowest BCUT2D eigenvalue weighted by atomic mass is 10.1. The summed E-state index contributed by atoms with van der Waals surface area (Å²) in [5.74, 6) is 0.860. The highest BCUT2D eigenvalue weighted by Gasteiger charge is 2.09. The standard InChI is InChI=1S/C14H17N3O/c1-9-13(6-7-15)10(2)17-14(16-9)11-4-3-5-12(18)8-11/h3-5,8,18H,6-7,15H2,1-2H3. The second kappa shape index (κ2) is 5.14. The SMILES string of the molecule is Cc1nc(-c2cccc(O)c2)nc(C)c1CCN. The van der Waals surface area contributed by atoms with Crippen LogP contribution in [0.25, 0.3) is 11.4 Å². The van der Waals surface area contributed by atoms with Crippen molar-refractivity contribution >= 4 is 0 Å². The van der Waals surface area contributed by atoms with Gasteiger partial charge in [-0.1, -0.05) is 12.1 Å². The number of phenolic OH excluding ortho intramolecular Hbond substituents is 1. The smallest absolute Gasteiger partial charge is 0.159 e. The molecule has 94 valence electrons. The zero-order chi connectivity index (χ0) is 13.1. The molecule has 0 atom stereocenters. The van der Waals surface area contributed by atoms with E-state index in [4.69, 9.17) is 5.73 Å². The highest BCUT2D eigenvalue weighted by molar-refractivity contribution is 5.58. The Labute approximate surface area is 107 Å².